The van der Waals surface area contributed by atoms with Crippen molar-refractivity contribution in [2.75, 3.05) is 0 Å². The lowest BCUT2D eigenvalue weighted by atomic mass is 9.84. The van der Waals surface area contributed by atoms with Gasteiger partial charge in [0.1, 0.15) is 5.75 Å². The second kappa shape index (κ2) is 6.76. The normalized spacial score (nSPS) is 28.0. The Morgan fingerprint density at radius 2 is 1.90 bits per heavy atom. The van der Waals surface area contributed by atoms with Crippen molar-refractivity contribution in [1.29, 1.82) is 0 Å². The molecule has 9 heteroatoms. The van der Waals surface area contributed by atoms with Gasteiger partial charge in [-0.15, -0.1) is 0 Å². The van der Waals surface area contributed by atoms with Gasteiger partial charge in [-0.2, -0.15) is 0 Å². The van der Waals surface area contributed by atoms with Crippen molar-refractivity contribution >= 4 is 17.7 Å². The predicted octanol–water partition coefficient (Wildman–Crippen LogP) is 2.70. The fourth-order valence-corrected chi connectivity index (χ4v) is 4.57. The number of hydrogen-bond donors (Lipinski definition) is 0. The van der Waals surface area contributed by atoms with Gasteiger partial charge in [0.25, 0.3) is 5.60 Å². The van der Waals surface area contributed by atoms with Crippen LogP contribution in [0.1, 0.15) is 51.2 Å². The molecule has 0 spiro atoms. The Balaban J connectivity index is 2.05. The van der Waals surface area contributed by atoms with Crippen LogP contribution in [0.25, 0.3) is 0 Å². The van der Waals surface area contributed by atoms with E-state index in [4.69, 9.17) is 14.2 Å². The zero-order chi connectivity index (χ0) is 22.7. The Morgan fingerprint density at radius 3 is 2.48 bits per heavy atom. The molecule has 0 radical (unpaired) electrons. The van der Waals surface area contributed by atoms with Crippen LogP contribution < -0.4 is 4.74 Å². The zero-order valence-electron chi connectivity index (χ0n) is 17.5. The first-order chi connectivity index (χ1) is 14.5. The Morgan fingerprint density at radius 1 is 1.23 bits per heavy atom. The van der Waals surface area contributed by atoms with Crippen LogP contribution in [0.15, 0.2) is 41.5 Å². The van der Waals surface area contributed by atoms with Gasteiger partial charge in [0, 0.05) is 25.2 Å². The number of hydrogen-bond acceptors (Lipinski definition) is 8. The lowest BCUT2D eigenvalue weighted by Gasteiger charge is -2.36. The van der Waals surface area contributed by atoms with E-state index in [1.165, 1.54) is 12.2 Å². The van der Waals surface area contributed by atoms with Crippen LogP contribution in [-0.4, -0.2) is 34.5 Å². The molecular weight excluding hydrogens is 406 g/mol. The fraction of sp³-hybridized carbons (Fsp3) is 0.409. The number of fused-ring (bicyclic) bond motifs is 4. The summed E-state index contributed by atoms with van der Waals surface area (Å²) in [6.45, 7) is 6.18. The molecule has 4 rings (SSSR count). The first kappa shape index (κ1) is 20.8. The molecule has 0 saturated carbocycles. The number of carbonyl (C=O) groups is 3. The van der Waals surface area contributed by atoms with E-state index in [-0.39, 0.29) is 34.8 Å². The third kappa shape index (κ3) is 2.65. The van der Waals surface area contributed by atoms with Crippen LogP contribution in [-0.2, 0) is 29.5 Å². The molecule has 0 aromatic heterocycles. The Hall–Kier alpha value is -3.49. The molecule has 1 aliphatic heterocycles. The number of rotatable bonds is 4. The zero-order valence-corrected chi connectivity index (χ0v) is 17.5. The molecule has 3 atom stereocenters. The molecule has 3 aliphatic rings. The fourth-order valence-electron chi connectivity index (χ4n) is 4.57. The summed E-state index contributed by atoms with van der Waals surface area (Å²) in [6.07, 6.45) is 2.96. The van der Waals surface area contributed by atoms with Crippen molar-refractivity contribution in [2.24, 2.45) is 0 Å². The molecule has 1 heterocycles. The number of Topliss-reactive ketones (excluding diaryl/α,β-unsaturated/α-hetero) is 1. The number of nitrogens with zero attached hydrogens (tertiary/aromatic N) is 1. The maximum absolute atomic E-state index is 13.8. The van der Waals surface area contributed by atoms with Gasteiger partial charge in [0.15, 0.2) is 0 Å². The Labute approximate surface area is 177 Å². The van der Waals surface area contributed by atoms with Crippen LogP contribution in [0, 0.1) is 10.1 Å². The number of benzene rings is 1. The quantitative estimate of drug-likeness (QED) is 0.408. The number of carbonyl (C=O) groups excluding carboxylic acids is 3. The summed E-state index contributed by atoms with van der Waals surface area (Å²) in [4.78, 5) is 49.3. The van der Waals surface area contributed by atoms with E-state index in [1.807, 2.05) is 13.8 Å². The van der Waals surface area contributed by atoms with Crippen LogP contribution in [0.3, 0.4) is 0 Å². The summed E-state index contributed by atoms with van der Waals surface area (Å²) < 4.78 is 17.3. The molecule has 1 aromatic carbocycles. The molecular formula is C22H21NO8. The summed E-state index contributed by atoms with van der Waals surface area (Å²) in [7, 11) is 0. The summed E-state index contributed by atoms with van der Waals surface area (Å²) >= 11 is 0. The number of nitro groups is 1. The maximum Gasteiger partial charge on any atom is 0.334 e. The van der Waals surface area contributed by atoms with Gasteiger partial charge in [-0.25, -0.2) is 0 Å². The van der Waals surface area contributed by atoms with Gasteiger partial charge in [-0.3, -0.25) is 24.5 Å². The first-order valence-electron chi connectivity index (χ1n) is 9.87. The largest absolute Gasteiger partial charge is 0.444 e. The first-order valence-corrected chi connectivity index (χ1v) is 9.87. The number of ketones is 1. The van der Waals surface area contributed by atoms with Gasteiger partial charge in [-0.05, 0) is 17.5 Å². The summed E-state index contributed by atoms with van der Waals surface area (Å²) in [5, 5.41) is 11.7. The molecule has 1 aromatic rings. The molecule has 0 amide bonds. The molecule has 0 saturated heterocycles. The van der Waals surface area contributed by atoms with E-state index in [1.54, 1.807) is 18.2 Å². The minimum absolute atomic E-state index is 0.0178. The average molecular weight is 427 g/mol. The van der Waals surface area contributed by atoms with Gasteiger partial charge < -0.3 is 14.2 Å². The van der Waals surface area contributed by atoms with E-state index in [0.717, 1.165) is 19.4 Å². The Kier molecular flexibility index (Phi) is 4.53. The smallest absolute Gasteiger partial charge is 0.334 e. The third-order valence-corrected chi connectivity index (χ3v) is 5.79. The SMILES string of the molecule is CC(=O)OC12Oc3cc(C(C)C)ccc3C1(OC(C)=O)C(=O)C1=C2C=CCC1[N+](=O)[O-]. The van der Waals surface area contributed by atoms with Crippen molar-refractivity contribution in [3.05, 3.63) is 62.7 Å². The number of ether oxygens (including phenoxy) is 3. The van der Waals surface area contributed by atoms with E-state index in [0.29, 0.717) is 0 Å². The Bertz CT molecular complexity index is 1100. The molecule has 3 unspecified atom stereocenters. The standard InChI is InChI=1S/C22H21NO8/c1-11(2)14-8-9-15-18(10-14)31-22(30-13(4)25)16-6-5-7-17(23(27)28)19(16)20(26)21(15,22)29-12(3)24/h5-6,8-11,17H,7H2,1-4H3. The predicted molar refractivity (Wildman–Crippen MR) is 106 cm³/mol. The second-order valence-corrected chi connectivity index (χ2v) is 8.09. The third-order valence-electron chi connectivity index (χ3n) is 5.79. The highest BCUT2D eigenvalue weighted by Gasteiger charge is 2.78. The molecule has 0 fully saturated rings. The molecule has 0 bridgehead atoms. The highest BCUT2D eigenvalue weighted by Crippen LogP contribution is 2.61. The monoisotopic (exact) mass is 427 g/mol. The molecule has 31 heavy (non-hydrogen) atoms. The van der Waals surface area contributed by atoms with Crippen molar-refractivity contribution in [3.8, 4) is 5.75 Å². The van der Waals surface area contributed by atoms with Gasteiger partial charge in [0.2, 0.25) is 11.8 Å². The van der Waals surface area contributed by atoms with Gasteiger partial charge >= 0.3 is 17.7 Å². The topological polar surface area (TPSA) is 122 Å². The van der Waals surface area contributed by atoms with Gasteiger partial charge in [0.05, 0.1) is 16.7 Å². The van der Waals surface area contributed by atoms with Crippen molar-refractivity contribution < 1.29 is 33.5 Å². The number of esters is 2. The molecule has 9 nitrogen and oxygen atoms in total. The van der Waals surface area contributed by atoms with Crippen molar-refractivity contribution in [1.82, 2.24) is 0 Å². The lowest BCUT2D eigenvalue weighted by Crippen LogP contribution is -2.57. The second-order valence-electron chi connectivity index (χ2n) is 8.09. The van der Waals surface area contributed by atoms with Crippen LogP contribution >= 0.6 is 0 Å². The highest BCUT2D eigenvalue weighted by molar-refractivity contribution is 6.11. The molecule has 0 N–H and O–H groups in total. The summed E-state index contributed by atoms with van der Waals surface area (Å²) in [5.74, 6) is -4.28. The summed E-state index contributed by atoms with van der Waals surface area (Å²) in [6, 6.07) is 3.66. The van der Waals surface area contributed by atoms with Crippen molar-refractivity contribution in [3.63, 3.8) is 0 Å². The van der Waals surface area contributed by atoms with Crippen molar-refractivity contribution in [2.45, 2.75) is 57.5 Å². The summed E-state index contributed by atoms with van der Waals surface area (Å²) in [5.41, 5.74) is -1.30. The van der Waals surface area contributed by atoms with E-state index in [2.05, 4.69) is 0 Å². The minimum Gasteiger partial charge on any atom is -0.444 e. The van der Waals surface area contributed by atoms with E-state index >= 15 is 0 Å². The molecule has 162 valence electrons. The maximum atomic E-state index is 13.8. The van der Waals surface area contributed by atoms with Crippen LogP contribution in [0.5, 0.6) is 5.75 Å². The van der Waals surface area contributed by atoms with E-state index in [9.17, 15) is 24.5 Å². The van der Waals surface area contributed by atoms with Crippen LogP contribution in [0.4, 0.5) is 0 Å². The average Bonchev–Trinajstić information content (AvgIpc) is 3.05. The van der Waals surface area contributed by atoms with Crippen LogP contribution in [0.2, 0.25) is 0 Å². The van der Waals surface area contributed by atoms with E-state index < -0.39 is 40.1 Å². The minimum atomic E-state index is -2.21. The highest BCUT2D eigenvalue weighted by atomic mass is 16.8. The van der Waals surface area contributed by atoms with Gasteiger partial charge in [-0.1, -0.05) is 38.1 Å². The molecule has 2 aliphatic carbocycles. The lowest BCUT2D eigenvalue weighted by molar-refractivity contribution is -0.510.